The summed E-state index contributed by atoms with van der Waals surface area (Å²) in [5, 5.41) is 0. The van der Waals surface area contributed by atoms with Gasteiger partial charge < -0.3 is 9.47 Å². The third-order valence-electron chi connectivity index (χ3n) is 10.7. The lowest BCUT2D eigenvalue weighted by atomic mass is 9.44. The first-order valence-corrected chi connectivity index (χ1v) is 12.9. The van der Waals surface area contributed by atoms with Crippen LogP contribution in [-0.4, -0.2) is 25.2 Å². The summed E-state index contributed by atoms with van der Waals surface area (Å²) in [6, 6.07) is 0. The molecule has 31 heavy (non-hydrogen) atoms. The summed E-state index contributed by atoms with van der Waals surface area (Å²) >= 11 is 0. The number of esters is 2. The fourth-order valence-electron chi connectivity index (χ4n) is 9.18. The van der Waals surface area contributed by atoms with Crippen molar-refractivity contribution >= 4 is 11.9 Å². The smallest absolute Gasteiger partial charge is 0.305 e. The molecular formula is C27H44O4. The van der Waals surface area contributed by atoms with Crippen molar-refractivity contribution in [2.24, 2.45) is 46.3 Å². The first kappa shape index (κ1) is 23.1. The zero-order chi connectivity index (χ0) is 22.4. The molecule has 4 fully saturated rings. The Labute approximate surface area is 189 Å². The van der Waals surface area contributed by atoms with Gasteiger partial charge in [0.05, 0.1) is 7.11 Å². The molecular weight excluding hydrogens is 388 g/mol. The average molecular weight is 433 g/mol. The Balaban J connectivity index is 1.45. The number of hydrogen-bond acceptors (Lipinski definition) is 4. The molecule has 4 heteroatoms. The topological polar surface area (TPSA) is 52.6 Å². The lowest BCUT2D eigenvalue weighted by Crippen LogP contribution is -2.54. The van der Waals surface area contributed by atoms with E-state index in [-0.39, 0.29) is 18.0 Å². The van der Waals surface area contributed by atoms with E-state index in [2.05, 4.69) is 20.8 Å². The number of carbonyl (C=O) groups is 2. The third kappa shape index (κ3) is 4.06. The second-order valence-corrected chi connectivity index (χ2v) is 12.0. The molecule has 0 heterocycles. The van der Waals surface area contributed by atoms with Gasteiger partial charge in [0.15, 0.2) is 0 Å². The normalized spacial score (nSPS) is 45.1. The number of methoxy groups -OCH3 is 1. The summed E-state index contributed by atoms with van der Waals surface area (Å²) in [7, 11) is 1.50. The molecule has 4 nitrogen and oxygen atoms in total. The first-order chi connectivity index (χ1) is 14.7. The van der Waals surface area contributed by atoms with Crippen molar-refractivity contribution in [3.8, 4) is 0 Å². The summed E-state index contributed by atoms with van der Waals surface area (Å²) in [6.07, 6.45) is 13.1. The standard InChI is InChI=1S/C27H44O4/c1-17(6-11-25(29)30-5)22-9-10-23-21-8-7-19-16-20(31-18(2)28)12-14-26(19,3)24(21)13-15-27(22,23)4/h17,19-24H,6-16H2,1-5H3/t17-,19-,20-,21+,22?,23+,24?,26+,27-/m1/s1. The molecule has 0 bridgehead atoms. The lowest BCUT2D eigenvalue weighted by Gasteiger charge is -2.61. The molecule has 0 radical (unpaired) electrons. The molecule has 0 N–H and O–H groups in total. The van der Waals surface area contributed by atoms with Gasteiger partial charge in [-0.05, 0) is 111 Å². The minimum absolute atomic E-state index is 0.0640. The summed E-state index contributed by atoms with van der Waals surface area (Å²) in [5.74, 6) is 4.42. The SMILES string of the molecule is COC(=O)CC[C@@H](C)C1CC[C@H]2[C@@H]3CC[C@@H]4C[C@H](OC(C)=O)CC[C@]4(C)C3CC[C@]12C. The van der Waals surface area contributed by atoms with E-state index in [1.54, 1.807) is 6.92 Å². The van der Waals surface area contributed by atoms with Crippen LogP contribution in [-0.2, 0) is 19.1 Å². The predicted molar refractivity (Wildman–Crippen MR) is 121 cm³/mol. The van der Waals surface area contributed by atoms with E-state index in [9.17, 15) is 9.59 Å². The summed E-state index contributed by atoms with van der Waals surface area (Å²) < 4.78 is 10.5. The number of rotatable bonds is 5. The van der Waals surface area contributed by atoms with Crippen LogP contribution in [0.2, 0.25) is 0 Å². The molecule has 0 aliphatic heterocycles. The Hall–Kier alpha value is -1.06. The van der Waals surface area contributed by atoms with Crippen LogP contribution >= 0.6 is 0 Å². The number of ether oxygens (including phenoxy) is 2. The van der Waals surface area contributed by atoms with Gasteiger partial charge in [0.2, 0.25) is 0 Å². The van der Waals surface area contributed by atoms with E-state index < -0.39 is 0 Å². The molecule has 0 saturated heterocycles. The summed E-state index contributed by atoms with van der Waals surface area (Å²) in [6.45, 7) is 9.09. The second kappa shape index (κ2) is 8.71. The highest BCUT2D eigenvalue weighted by atomic mass is 16.5. The van der Waals surface area contributed by atoms with Crippen LogP contribution in [0.25, 0.3) is 0 Å². The number of fused-ring (bicyclic) bond motifs is 5. The fourth-order valence-corrected chi connectivity index (χ4v) is 9.18. The van der Waals surface area contributed by atoms with Crippen molar-refractivity contribution < 1.29 is 19.1 Å². The Morgan fingerprint density at radius 1 is 0.968 bits per heavy atom. The van der Waals surface area contributed by atoms with Gasteiger partial charge in [-0.1, -0.05) is 20.8 Å². The van der Waals surface area contributed by atoms with Crippen LogP contribution in [0.4, 0.5) is 0 Å². The Morgan fingerprint density at radius 3 is 2.39 bits per heavy atom. The van der Waals surface area contributed by atoms with Crippen LogP contribution in [0.1, 0.15) is 98.3 Å². The maximum absolute atomic E-state index is 11.7. The molecule has 0 aromatic heterocycles. The van der Waals surface area contributed by atoms with Gasteiger partial charge in [-0.25, -0.2) is 0 Å². The molecule has 0 aromatic rings. The average Bonchev–Trinajstić information content (AvgIpc) is 3.09. The highest BCUT2D eigenvalue weighted by Crippen LogP contribution is 2.68. The van der Waals surface area contributed by atoms with Crippen LogP contribution in [0.3, 0.4) is 0 Å². The van der Waals surface area contributed by atoms with Gasteiger partial charge >= 0.3 is 11.9 Å². The van der Waals surface area contributed by atoms with Crippen molar-refractivity contribution in [2.45, 2.75) is 104 Å². The monoisotopic (exact) mass is 432 g/mol. The Morgan fingerprint density at radius 2 is 1.68 bits per heavy atom. The molecule has 9 atom stereocenters. The highest BCUT2D eigenvalue weighted by molar-refractivity contribution is 5.69. The molecule has 4 aliphatic carbocycles. The molecule has 4 rings (SSSR count). The maximum atomic E-state index is 11.7. The molecule has 0 aromatic carbocycles. The minimum Gasteiger partial charge on any atom is -0.469 e. The molecule has 4 aliphatic rings. The Kier molecular flexibility index (Phi) is 6.49. The summed E-state index contributed by atoms with van der Waals surface area (Å²) in [5.41, 5.74) is 0.865. The van der Waals surface area contributed by atoms with E-state index in [1.807, 2.05) is 0 Å². The largest absolute Gasteiger partial charge is 0.469 e. The molecule has 0 amide bonds. The van der Waals surface area contributed by atoms with Gasteiger partial charge in [-0.2, -0.15) is 0 Å². The minimum atomic E-state index is -0.117. The van der Waals surface area contributed by atoms with Gasteiger partial charge in [0, 0.05) is 13.3 Å². The number of carbonyl (C=O) groups excluding carboxylic acids is 2. The summed E-state index contributed by atoms with van der Waals surface area (Å²) in [4.78, 5) is 23.2. The van der Waals surface area contributed by atoms with Crippen molar-refractivity contribution in [2.75, 3.05) is 7.11 Å². The van der Waals surface area contributed by atoms with Gasteiger partial charge in [-0.3, -0.25) is 9.59 Å². The molecule has 2 unspecified atom stereocenters. The van der Waals surface area contributed by atoms with Crippen LogP contribution in [0, 0.1) is 46.3 Å². The van der Waals surface area contributed by atoms with E-state index in [4.69, 9.17) is 9.47 Å². The zero-order valence-corrected chi connectivity index (χ0v) is 20.5. The first-order valence-electron chi connectivity index (χ1n) is 12.9. The maximum Gasteiger partial charge on any atom is 0.305 e. The van der Waals surface area contributed by atoms with E-state index in [0.29, 0.717) is 29.1 Å². The second-order valence-electron chi connectivity index (χ2n) is 12.0. The van der Waals surface area contributed by atoms with Crippen LogP contribution < -0.4 is 0 Å². The quantitative estimate of drug-likeness (QED) is 0.488. The zero-order valence-electron chi connectivity index (χ0n) is 20.5. The lowest BCUT2D eigenvalue weighted by molar-refractivity contribution is -0.160. The fraction of sp³-hybridized carbons (Fsp3) is 0.926. The number of hydrogen-bond donors (Lipinski definition) is 0. The van der Waals surface area contributed by atoms with Gasteiger partial charge in [0.25, 0.3) is 0 Å². The van der Waals surface area contributed by atoms with E-state index in [1.165, 1.54) is 52.1 Å². The van der Waals surface area contributed by atoms with E-state index >= 15 is 0 Å². The van der Waals surface area contributed by atoms with Crippen molar-refractivity contribution in [1.82, 2.24) is 0 Å². The Bertz CT molecular complexity index is 689. The van der Waals surface area contributed by atoms with Crippen molar-refractivity contribution in [3.63, 3.8) is 0 Å². The molecule has 0 spiro atoms. The molecule has 4 saturated carbocycles. The van der Waals surface area contributed by atoms with Gasteiger partial charge in [0.1, 0.15) is 6.10 Å². The third-order valence-corrected chi connectivity index (χ3v) is 10.7. The van der Waals surface area contributed by atoms with Crippen molar-refractivity contribution in [3.05, 3.63) is 0 Å². The van der Waals surface area contributed by atoms with Crippen LogP contribution in [0.5, 0.6) is 0 Å². The van der Waals surface area contributed by atoms with Crippen LogP contribution in [0.15, 0.2) is 0 Å². The van der Waals surface area contributed by atoms with Gasteiger partial charge in [-0.15, -0.1) is 0 Å². The van der Waals surface area contributed by atoms with E-state index in [0.717, 1.165) is 42.9 Å². The van der Waals surface area contributed by atoms with Crippen molar-refractivity contribution in [1.29, 1.82) is 0 Å². The molecule has 176 valence electrons. The highest BCUT2D eigenvalue weighted by Gasteiger charge is 2.60. The predicted octanol–water partition coefficient (Wildman–Crippen LogP) is 6.17.